The number of urea groups is 1. The lowest BCUT2D eigenvalue weighted by Crippen LogP contribution is -2.47. The summed E-state index contributed by atoms with van der Waals surface area (Å²) in [6.45, 7) is 4.27. The third-order valence-corrected chi connectivity index (χ3v) is 5.78. The van der Waals surface area contributed by atoms with Gasteiger partial charge < -0.3 is 10.2 Å². The number of hydrogen-bond acceptors (Lipinski definition) is 2. The highest BCUT2D eigenvalue weighted by Gasteiger charge is 2.32. The van der Waals surface area contributed by atoms with E-state index in [1.54, 1.807) is 0 Å². The summed E-state index contributed by atoms with van der Waals surface area (Å²) in [5.41, 5.74) is 2.86. The molecule has 0 unspecified atom stereocenters. The highest BCUT2D eigenvalue weighted by Crippen LogP contribution is 2.23. The predicted octanol–water partition coefficient (Wildman–Crippen LogP) is 2.42. The van der Waals surface area contributed by atoms with Crippen molar-refractivity contribution in [2.45, 2.75) is 50.6 Å². The van der Waals surface area contributed by atoms with E-state index in [1.807, 2.05) is 4.90 Å². The molecule has 0 aromatic heterocycles. The zero-order valence-electron chi connectivity index (χ0n) is 13.8. The van der Waals surface area contributed by atoms with Crippen LogP contribution in [0.3, 0.4) is 0 Å². The number of carbonyl (C=O) groups excluding carboxylic acids is 1. The largest absolute Gasteiger partial charge is 0.335 e. The number of likely N-dealkylation sites (tertiary alicyclic amines) is 2. The molecule has 0 bridgehead atoms. The molecule has 2 aliphatic heterocycles. The Kier molecular flexibility index (Phi) is 4.25. The Morgan fingerprint density at radius 3 is 2.65 bits per heavy atom. The number of amides is 2. The quantitative estimate of drug-likeness (QED) is 0.910. The lowest BCUT2D eigenvalue weighted by Gasteiger charge is -2.28. The number of fused-ring (bicyclic) bond motifs is 1. The van der Waals surface area contributed by atoms with Gasteiger partial charge in [-0.1, -0.05) is 24.3 Å². The summed E-state index contributed by atoms with van der Waals surface area (Å²) in [5.74, 6) is 0. The summed E-state index contributed by atoms with van der Waals surface area (Å²) in [7, 11) is 0. The molecule has 0 radical (unpaired) electrons. The van der Waals surface area contributed by atoms with Crippen LogP contribution in [-0.4, -0.2) is 54.1 Å². The zero-order chi connectivity index (χ0) is 15.6. The molecule has 1 aromatic rings. The molecule has 1 N–H and O–H groups in total. The Morgan fingerprint density at radius 2 is 1.83 bits per heavy atom. The lowest BCUT2D eigenvalue weighted by atomic mass is 9.88. The molecular weight excluding hydrogens is 286 g/mol. The Bertz CT molecular complexity index is 567. The number of aryl methyl sites for hydroxylation is 1. The molecular formula is C19H27N3O. The van der Waals surface area contributed by atoms with Gasteiger partial charge in [-0.2, -0.15) is 0 Å². The average molecular weight is 313 g/mol. The van der Waals surface area contributed by atoms with Gasteiger partial charge in [0.05, 0.1) is 0 Å². The van der Waals surface area contributed by atoms with Gasteiger partial charge in [-0.05, 0) is 62.7 Å². The van der Waals surface area contributed by atoms with Crippen LogP contribution in [0.4, 0.5) is 4.79 Å². The van der Waals surface area contributed by atoms with Crippen molar-refractivity contribution in [1.82, 2.24) is 15.1 Å². The van der Waals surface area contributed by atoms with Crippen LogP contribution >= 0.6 is 0 Å². The molecule has 4 rings (SSSR count). The third-order valence-electron chi connectivity index (χ3n) is 5.78. The first kappa shape index (κ1) is 15.0. The fraction of sp³-hybridized carbons (Fsp3) is 0.632. The van der Waals surface area contributed by atoms with Crippen LogP contribution in [0.25, 0.3) is 0 Å². The van der Waals surface area contributed by atoms with Crippen molar-refractivity contribution in [2.24, 2.45) is 0 Å². The van der Waals surface area contributed by atoms with Gasteiger partial charge in [-0.25, -0.2) is 4.79 Å². The van der Waals surface area contributed by atoms with Crippen LogP contribution in [-0.2, 0) is 12.8 Å². The maximum atomic E-state index is 12.6. The number of hydrogen-bond donors (Lipinski definition) is 1. The number of nitrogens with zero attached hydrogens (tertiary/aromatic N) is 2. The molecule has 0 saturated carbocycles. The minimum absolute atomic E-state index is 0.149. The van der Waals surface area contributed by atoms with Gasteiger partial charge in [0, 0.05) is 25.2 Å². The molecule has 2 saturated heterocycles. The van der Waals surface area contributed by atoms with Gasteiger partial charge in [0.25, 0.3) is 0 Å². The molecule has 2 heterocycles. The molecule has 2 fully saturated rings. The van der Waals surface area contributed by atoms with Crippen LogP contribution in [0.1, 0.15) is 36.8 Å². The monoisotopic (exact) mass is 313 g/mol. The summed E-state index contributed by atoms with van der Waals surface area (Å²) >= 11 is 0. The van der Waals surface area contributed by atoms with Crippen molar-refractivity contribution >= 4 is 6.03 Å². The molecule has 2 atom stereocenters. The molecule has 2 amide bonds. The summed E-state index contributed by atoms with van der Waals surface area (Å²) in [6.07, 6.45) is 6.91. The smallest absolute Gasteiger partial charge is 0.317 e. The summed E-state index contributed by atoms with van der Waals surface area (Å²) < 4.78 is 0. The molecule has 0 spiro atoms. The lowest BCUT2D eigenvalue weighted by molar-refractivity contribution is 0.194. The summed E-state index contributed by atoms with van der Waals surface area (Å²) in [4.78, 5) is 17.2. The summed E-state index contributed by atoms with van der Waals surface area (Å²) in [6, 6.07) is 9.67. The number of nitrogens with one attached hydrogen (secondary N) is 1. The van der Waals surface area contributed by atoms with Crippen LogP contribution < -0.4 is 5.32 Å². The van der Waals surface area contributed by atoms with Gasteiger partial charge in [-0.3, -0.25) is 4.90 Å². The topological polar surface area (TPSA) is 35.6 Å². The number of carbonyl (C=O) groups is 1. The van der Waals surface area contributed by atoms with Crippen molar-refractivity contribution in [3.63, 3.8) is 0 Å². The van der Waals surface area contributed by atoms with Crippen molar-refractivity contribution < 1.29 is 4.79 Å². The Balaban J connectivity index is 1.31. The summed E-state index contributed by atoms with van der Waals surface area (Å²) in [5, 5.41) is 3.28. The number of rotatable bonds is 2. The highest BCUT2D eigenvalue weighted by atomic mass is 16.2. The van der Waals surface area contributed by atoms with Gasteiger partial charge in [0.2, 0.25) is 0 Å². The molecule has 4 nitrogen and oxygen atoms in total. The predicted molar refractivity (Wildman–Crippen MR) is 91.6 cm³/mol. The zero-order valence-corrected chi connectivity index (χ0v) is 13.8. The Labute approximate surface area is 138 Å². The SMILES string of the molecule is O=C(N[C@@H]1CCc2ccccc2C1)N1CC[C@H](N2CCCC2)C1. The van der Waals surface area contributed by atoms with Crippen LogP contribution in [0.5, 0.6) is 0 Å². The first-order chi connectivity index (χ1) is 11.3. The van der Waals surface area contributed by atoms with Gasteiger partial charge in [-0.15, -0.1) is 0 Å². The van der Waals surface area contributed by atoms with E-state index < -0.39 is 0 Å². The normalized spacial score (nSPS) is 27.9. The van der Waals surface area contributed by atoms with E-state index in [2.05, 4.69) is 34.5 Å². The number of benzene rings is 1. The fourth-order valence-electron chi connectivity index (χ4n) is 4.42. The average Bonchev–Trinajstić information content (AvgIpc) is 3.26. The van der Waals surface area contributed by atoms with Gasteiger partial charge in [0.1, 0.15) is 0 Å². The van der Waals surface area contributed by atoms with Crippen molar-refractivity contribution in [3.8, 4) is 0 Å². The minimum Gasteiger partial charge on any atom is -0.335 e. The molecule has 1 aliphatic carbocycles. The first-order valence-electron chi connectivity index (χ1n) is 9.16. The first-order valence-corrected chi connectivity index (χ1v) is 9.16. The maximum absolute atomic E-state index is 12.6. The van der Waals surface area contributed by atoms with Crippen LogP contribution in [0, 0.1) is 0 Å². The fourth-order valence-corrected chi connectivity index (χ4v) is 4.42. The van der Waals surface area contributed by atoms with Gasteiger partial charge in [0.15, 0.2) is 0 Å². The van der Waals surface area contributed by atoms with E-state index in [0.29, 0.717) is 12.1 Å². The van der Waals surface area contributed by atoms with E-state index >= 15 is 0 Å². The van der Waals surface area contributed by atoms with E-state index in [9.17, 15) is 4.79 Å². The third kappa shape index (κ3) is 3.23. The van der Waals surface area contributed by atoms with E-state index in [-0.39, 0.29) is 6.03 Å². The van der Waals surface area contributed by atoms with Gasteiger partial charge >= 0.3 is 6.03 Å². The molecule has 1 aromatic carbocycles. The second-order valence-corrected chi connectivity index (χ2v) is 7.29. The van der Waals surface area contributed by atoms with Crippen molar-refractivity contribution in [2.75, 3.05) is 26.2 Å². The van der Waals surface area contributed by atoms with Crippen molar-refractivity contribution in [1.29, 1.82) is 0 Å². The highest BCUT2D eigenvalue weighted by molar-refractivity contribution is 5.75. The van der Waals surface area contributed by atoms with E-state index in [1.165, 1.54) is 37.1 Å². The molecule has 3 aliphatic rings. The van der Waals surface area contributed by atoms with Crippen molar-refractivity contribution in [3.05, 3.63) is 35.4 Å². The second kappa shape index (κ2) is 6.52. The Morgan fingerprint density at radius 1 is 1.04 bits per heavy atom. The molecule has 124 valence electrons. The Hall–Kier alpha value is -1.55. The van der Waals surface area contributed by atoms with Crippen LogP contribution in [0.15, 0.2) is 24.3 Å². The maximum Gasteiger partial charge on any atom is 0.317 e. The minimum atomic E-state index is 0.149. The standard InChI is InChI=1S/C19H27N3O/c23-19(22-12-9-18(14-22)21-10-3-4-11-21)20-17-8-7-15-5-1-2-6-16(15)13-17/h1-2,5-6,17-18H,3-4,7-14H2,(H,20,23)/t17-,18+/m1/s1. The van der Waals surface area contributed by atoms with Crippen LogP contribution in [0.2, 0.25) is 0 Å². The molecule has 4 heteroatoms. The molecule has 23 heavy (non-hydrogen) atoms. The second-order valence-electron chi connectivity index (χ2n) is 7.29. The van der Waals surface area contributed by atoms with E-state index in [0.717, 1.165) is 38.8 Å². The van der Waals surface area contributed by atoms with E-state index in [4.69, 9.17) is 0 Å².